The number of fused-ring (bicyclic) bond motifs is 1. The minimum Gasteiger partial charge on any atom is -0.331 e. The van der Waals surface area contributed by atoms with E-state index in [0.717, 1.165) is 16.7 Å². The molecule has 0 amide bonds. The Morgan fingerprint density at radius 2 is 2.12 bits per heavy atom. The van der Waals surface area contributed by atoms with Gasteiger partial charge in [0.2, 0.25) is 0 Å². The van der Waals surface area contributed by atoms with Gasteiger partial charge in [-0.3, -0.25) is 4.79 Å². The number of benzene rings is 1. The second kappa shape index (κ2) is 5.38. The van der Waals surface area contributed by atoms with Gasteiger partial charge in [0.1, 0.15) is 10.5 Å². The Labute approximate surface area is 140 Å². The average molecular weight is 340 g/mol. The highest BCUT2D eigenvalue weighted by Crippen LogP contribution is 2.33. The lowest BCUT2D eigenvalue weighted by Crippen LogP contribution is -2.09. The molecule has 4 aromatic rings. The SMILES string of the molecule is Cc1cc(F)ccc1-c1csc2c(=O)[nH]c(-c3nccn3C)nc12. The molecule has 3 aromatic heterocycles. The number of aryl methyl sites for hydroxylation is 2. The molecule has 3 heterocycles. The van der Waals surface area contributed by atoms with Crippen molar-refractivity contribution in [1.29, 1.82) is 0 Å². The van der Waals surface area contributed by atoms with E-state index in [-0.39, 0.29) is 11.4 Å². The van der Waals surface area contributed by atoms with Crippen LogP contribution in [0.3, 0.4) is 0 Å². The summed E-state index contributed by atoms with van der Waals surface area (Å²) in [5.41, 5.74) is 2.90. The highest BCUT2D eigenvalue weighted by Gasteiger charge is 2.16. The Hall–Kier alpha value is -2.80. The molecular formula is C17H13FN4OS. The van der Waals surface area contributed by atoms with E-state index < -0.39 is 0 Å². The highest BCUT2D eigenvalue weighted by molar-refractivity contribution is 7.17. The zero-order chi connectivity index (χ0) is 16.8. The van der Waals surface area contributed by atoms with Gasteiger partial charge in [0.25, 0.3) is 5.56 Å². The summed E-state index contributed by atoms with van der Waals surface area (Å²) in [4.78, 5) is 24.0. The molecule has 7 heteroatoms. The number of aromatic amines is 1. The first-order valence-corrected chi connectivity index (χ1v) is 8.18. The van der Waals surface area contributed by atoms with Gasteiger partial charge in [-0.2, -0.15) is 0 Å². The fourth-order valence-electron chi connectivity index (χ4n) is 2.75. The van der Waals surface area contributed by atoms with Gasteiger partial charge in [-0.1, -0.05) is 6.07 Å². The van der Waals surface area contributed by atoms with Crippen LogP contribution < -0.4 is 5.56 Å². The van der Waals surface area contributed by atoms with E-state index in [1.807, 2.05) is 19.4 Å². The Kier molecular flexibility index (Phi) is 3.31. The average Bonchev–Trinajstić information content (AvgIpc) is 3.14. The summed E-state index contributed by atoms with van der Waals surface area (Å²) in [6, 6.07) is 4.61. The molecule has 4 rings (SSSR count). The van der Waals surface area contributed by atoms with Gasteiger partial charge >= 0.3 is 0 Å². The minimum atomic E-state index is -0.282. The van der Waals surface area contributed by atoms with Crippen LogP contribution in [0.4, 0.5) is 4.39 Å². The van der Waals surface area contributed by atoms with Crippen LogP contribution in [-0.2, 0) is 7.05 Å². The molecule has 0 unspecified atom stereocenters. The molecule has 0 bridgehead atoms. The van der Waals surface area contributed by atoms with Crippen LogP contribution in [0.2, 0.25) is 0 Å². The van der Waals surface area contributed by atoms with Crippen molar-refractivity contribution in [2.24, 2.45) is 7.05 Å². The van der Waals surface area contributed by atoms with Crippen molar-refractivity contribution < 1.29 is 4.39 Å². The number of hydrogen-bond donors (Lipinski definition) is 1. The molecule has 0 radical (unpaired) electrons. The topological polar surface area (TPSA) is 63.6 Å². The first kappa shape index (κ1) is 14.8. The lowest BCUT2D eigenvalue weighted by atomic mass is 10.0. The molecule has 24 heavy (non-hydrogen) atoms. The quantitative estimate of drug-likeness (QED) is 0.607. The van der Waals surface area contributed by atoms with Gasteiger partial charge in [0.05, 0.1) is 5.52 Å². The molecule has 0 fully saturated rings. The van der Waals surface area contributed by atoms with Crippen LogP contribution in [0.1, 0.15) is 5.56 Å². The summed E-state index contributed by atoms with van der Waals surface area (Å²) in [5.74, 6) is 0.719. The van der Waals surface area contributed by atoms with Crippen molar-refractivity contribution >= 4 is 21.6 Å². The van der Waals surface area contributed by atoms with E-state index in [1.165, 1.54) is 23.5 Å². The molecule has 0 saturated heterocycles. The Bertz CT molecular complexity index is 1130. The van der Waals surface area contributed by atoms with Gasteiger partial charge in [-0.15, -0.1) is 11.3 Å². The molecule has 1 N–H and O–H groups in total. The first-order valence-electron chi connectivity index (χ1n) is 7.30. The molecule has 0 aliphatic carbocycles. The van der Waals surface area contributed by atoms with Crippen molar-refractivity contribution in [3.63, 3.8) is 0 Å². The minimum absolute atomic E-state index is 0.200. The Balaban J connectivity index is 2.00. The number of thiophene rings is 1. The summed E-state index contributed by atoms with van der Waals surface area (Å²) in [6.45, 7) is 1.84. The molecule has 0 spiro atoms. The van der Waals surface area contributed by atoms with Crippen molar-refractivity contribution in [2.45, 2.75) is 6.92 Å². The van der Waals surface area contributed by atoms with Gasteiger partial charge in [-0.25, -0.2) is 14.4 Å². The van der Waals surface area contributed by atoms with Crippen molar-refractivity contribution in [3.05, 3.63) is 57.7 Å². The van der Waals surface area contributed by atoms with E-state index >= 15 is 0 Å². The maximum atomic E-state index is 13.4. The van der Waals surface area contributed by atoms with E-state index in [0.29, 0.717) is 21.9 Å². The number of rotatable bonds is 2. The summed E-state index contributed by atoms with van der Waals surface area (Å²) in [5, 5.41) is 1.88. The predicted octanol–water partition coefficient (Wildman–Crippen LogP) is 3.50. The standard InChI is InChI=1S/C17H13FN4OS/c1-9-7-10(18)3-4-11(9)12-8-24-14-13(12)20-15(21-17(14)23)16-19-5-6-22(16)2/h3-8H,1-2H3,(H,20,21,23). The highest BCUT2D eigenvalue weighted by atomic mass is 32.1. The molecule has 120 valence electrons. The monoisotopic (exact) mass is 340 g/mol. The number of aromatic nitrogens is 4. The number of imidazole rings is 1. The van der Waals surface area contributed by atoms with Gasteiger partial charge < -0.3 is 9.55 Å². The van der Waals surface area contributed by atoms with Crippen LogP contribution >= 0.6 is 11.3 Å². The number of hydrogen-bond acceptors (Lipinski definition) is 4. The normalized spacial score (nSPS) is 11.3. The molecule has 0 aliphatic rings. The maximum absolute atomic E-state index is 13.4. The predicted molar refractivity (Wildman–Crippen MR) is 92.6 cm³/mol. The molecule has 0 atom stereocenters. The van der Waals surface area contributed by atoms with E-state index in [1.54, 1.807) is 23.0 Å². The largest absolute Gasteiger partial charge is 0.331 e. The Morgan fingerprint density at radius 3 is 2.83 bits per heavy atom. The van der Waals surface area contributed by atoms with Gasteiger partial charge in [0, 0.05) is 30.4 Å². The molecule has 1 aromatic carbocycles. The summed E-state index contributed by atoms with van der Waals surface area (Å²) >= 11 is 1.33. The van der Waals surface area contributed by atoms with Crippen molar-refractivity contribution in [2.75, 3.05) is 0 Å². The van der Waals surface area contributed by atoms with E-state index in [2.05, 4.69) is 15.0 Å². The summed E-state index contributed by atoms with van der Waals surface area (Å²) in [7, 11) is 1.84. The van der Waals surface area contributed by atoms with Crippen LogP contribution in [-0.4, -0.2) is 19.5 Å². The number of halogens is 1. The third kappa shape index (κ3) is 2.25. The zero-order valence-electron chi connectivity index (χ0n) is 13.0. The molecule has 0 aliphatic heterocycles. The molecule has 5 nitrogen and oxygen atoms in total. The lowest BCUT2D eigenvalue weighted by molar-refractivity contribution is 0.627. The number of H-pyrrole nitrogens is 1. The number of nitrogens with one attached hydrogen (secondary N) is 1. The third-order valence-electron chi connectivity index (χ3n) is 3.94. The maximum Gasteiger partial charge on any atom is 0.269 e. The van der Waals surface area contributed by atoms with Crippen LogP contribution in [0, 0.1) is 12.7 Å². The van der Waals surface area contributed by atoms with Gasteiger partial charge in [-0.05, 0) is 30.2 Å². The third-order valence-corrected chi connectivity index (χ3v) is 4.91. The fourth-order valence-corrected chi connectivity index (χ4v) is 3.65. The zero-order valence-corrected chi connectivity index (χ0v) is 13.8. The van der Waals surface area contributed by atoms with Crippen molar-refractivity contribution in [1.82, 2.24) is 19.5 Å². The second-order valence-corrected chi connectivity index (χ2v) is 6.44. The first-order chi connectivity index (χ1) is 11.5. The van der Waals surface area contributed by atoms with Crippen LogP contribution in [0.5, 0.6) is 0 Å². The van der Waals surface area contributed by atoms with Crippen LogP contribution in [0.25, 0.3) is 33.0 Å². The summed E-state index contributed by atoms with van der Waals surface area (Å²) < 4.78 is 15.7. The Morgan fingerprint density at radius 1 is 1.29 bits per heavy atom. The second-order valence-electron chi connectivity index (χ2n) is 5.56. The van der Waals surface area contributed by atoms with E-state index in [4.69, 9.17) is 0 Å². The van der Waals surface area contributed by atoms with Gasteiger partial charge in [0.15, 0.2) is 11.6 Å². The van der Waals surface area contributed by atoms with E-state index in [9.17, 15) is 9.18 Å². The molecular weight excluding hydrogens is 327 g/mol. The lowest BCUT2D eigenvalue weighted by Gasteiger charge is -2.06. The van der Waals surface area contributed by atoms with Crippen LogP contribution in [0.15, 0.2) is 40.8 Å². The fraction of sp³-hybridized carbons (Fsp3) is 0.118. The summed E-state index contributed by atoms with van der Waals surface area (Å²) in [6.07, 6.45) is 3.44. The molecule has 0 saturated carbocycles. The van der Waals surface area contributed by atoms with Crippen molar-refractivity contribution in [3.8, 4) is 22.8 Å². The number of nitrogens with zero attached hydrogens (tertiary/aromatic N) is 3. The smallest absolute Gasteiger partial charge is 0.269 e.